The van der Waals surface area contributed by atoms with Crippen LogP contribution in [0.15, 0.2) is 4.99 Å². The molecule has 0 saturated carbocycles. The highest BCUT2D eigenvalue weighted by atomic mass is 127. The van der Waals surface area contributed by atoms with Crippen molar-refractivity contribution in [1.82, 2.24) is 20.4 Å². The zero-order valence-electron chi connectivity index (χ0n) is 12.1. The lowest BCUT2D eigenvalue weighted by atomic mass is 10.2. The SMILES string of the molecule is CCCNC(=NC)NCC1CN(C)CCN1C.I. The average Bonchev–Trinajstić information content (AvgIpc) is 2.33. The Morgan fingerprint density at radius 1 is 1.28 bits per heavy atom. The largest absolute Gasteiger partial charge is 0.356 e. The molecule has 2 N–H and O–H groups in total. The number of nitrogens with zero attached hydrogens (tertiary/aromatic N) is 3. The average molecular weight is 369 g/mol. The molecule has 0 aromatic carbocycles. The maximum Gasteiger partial charge on any atom is 0.191 e. The van der Waals surface area contributed by atoms with Crippen molar-refractivity contribution in [2.24, 2.45) is 4.99 Å². The standard InChI is InChI=1S/C12H27N5.HI/c1-5-6-14-12(13-2)15-9-11-10-16(3)7-8-17(11)4;/h11H,5-10H2,1-4H3,(H2,13,14,15);1H. The van der Waals surface area contributed by atoms with Crippen LogP contribution in [0.2, 0.25) is 0 Å². The third-order valence-electron chi connectivity index (χ3n) is 3.25. The van der Waals surface area contributed by atoms with Gasteiger partial charge in [-0.25, -0.2) is 0 Å². The molecule has 6 heteroatoms. The first-order chi connectivity index (χ1) is 8.17. The van der Waals surface area contributed by atoms with Crippen molar-refractivity contribution in [2.75, 3.05) is 53.9 Å². The summed E-state index contributed by atoms with van der Waals surface area (Å²) in [4.78, 5) is 9.02. The van der Waals surface area contributed by atoms with E-state index in [-0.39, 0.29) is 24.0 Å². The van der Waals surface area contributed by atoms with E-state index in [1.165, 1.54) is 0 Å². The maximum absolute atomic E-state index is 4.22. The second-order valence-electron chi connectivity index (χ2n) is 4.78. The van der Waals surface area contributed by atoms with E-state index < -0.39 is 0 Å². The number of hydrogen-bond acceptors (Lipinski definition) is 3. The third kappa shape index (κ3) is 6.19. The van der Waals surface area contributed by atoms with Crippen LogP contribution in [0, 0.1) is 0 Å². The quantitative estimate of drug-likeness (QED) is 0.429. The van der Waals surface area contributed by atoms with E-state index in [1.54, 1.807) is 0 Å². The minimum absolute atomic E-state index is 0. The van der Waals surface area contributed by atoms with Gasteiger partial charge in [-0.3, -0.25) is 9.89 Å². The van der Waals surface area contributed by atoms with Gasteiger partial charge in [-0.1, -0.05) is 6.92 Å². The fourth-order valence-electron chi connectivity index (χ4n) is 2.00. The molecule has 1 aliphatic rings. The fraction of sp³-hybridized carbons (Fsp3) is 0.917. The van der Waals surface area contributed by atoms with Crippen molar-refractivity contribution in [3.05, 3.63) is 0 Å². The van der Waals surface area contributed by atoms with Gasteiger partial charge in [0.25, 0.3) is 0 Å². The highest BCUT2D eigenvalue weighted by molar-refractivity contribution is 14.0. The molecule has 1 heterocycles. The van der Waals surface area contributed by atoms with Crippen LogP contribution in [0.4, 0.5) is 0 Å². The van der Waals surface area contributed by atoms with Crippen molar-refractivity contribution in [2.45, 2.75) is 19.4 Å². The number of aliphatic imine (C=N–C) groups is 1. The second kappa shape index (κ2) is 9.80. The first kappa shape index (κ1) is 17.9. The Balaban J connectivity index is 0.00000289. The molecule has 1 atom stereocenters. The number of hydrogen-bond donors (Lipinski definition) is 2. The van der Waals surface area contributed by atoms with E-state index in [0.29, 0.717) is 6.04 Å². The molecular weight excluding hydrogens is 341 g/mol. The molecular formula is C12H28IN5. The molecule has 0 aromatic heterocycles. The Bertz CT molecular complexity index is 247. The van der Waals surface area contributed by atoms with Crippen molar-refractivity contribution in [3.8, 4) is 0 Å². The van der Waals surface area contributed by atoms with Crippen LogP contribution in [0.3, 0.4) is 0 Å². The van der Waals surface area contributed by atoms with Gasteiger partial charge in [0, 0.05) is 45.8 Å². The predicted octanol–water partition coefficient (Wildman–Crippen LogP) is 0.425. The van der Waals surface area contributed by atoms with E-state index in [9.17, 15) is 0 Å². The number of rotatable bonds is 4. The summed E-state index contributed by atoms with van der Waals surface area (Å²) in [6, 6.07) is 0.564. The molecule has 0 aliphatic carbocycles. The van der Waals surface area contributed by atoms with Crippen LogP contribution in [-0.4, -0.2) is 75.7 Å². The number of halogens is 1. The van der Waals surface area contributed by atoms with Crippen molar-refractivity contribution in [1.29, 1.82) is 0 Å². The molecule has 108 valence electrons. The zero-order chi connectivity index (χ0) is 12.7. The number of guanidine groups is 1. The molecule has 0 spiro atoms. The molecule has 5 nitrogen and oxygen atoms in total. The lowest BCUT2D eigenvalue weighted by Crippen LogP contribution is -2.55. The van der Waals surface area contributed by atoms with Crippen LogP contribution in [0.5, 0.6) is 0 Å². The summed E-state index contributed by atoms with van der Waals surface area (Å²) in [5.41, 5.74) is 0. The van der Waals surface area contributed by atoms with Crippen LogP contribution in [0.25, 0.3) is 0 Å². The molecule has 1 fully saturated rings. The van der Waals surface area contributed by atoms with Crippen LogP contribution in [-0.2, 0) is 0 Å². The molecule has 0 radical (unpaired) electrons. The molecule has 0 aromatic rings. The predicted molar refractivity (Wildman–Crippen MR) is 89.0 cm³/mol. The lowest BCUT2D eigenvalue weighted by molar-refractivity contribution is 0.116. The summed E-state index contributed by atoms with van der Waals surface area (Å²) in [5.74, 6) is 0.911. The van der Waals surface area contributed by atoms with Gasteiger partial charge in [-0.2, -0.15) is 0 Å². The topological polar surface area (TPSA) is 42.9 Å². The van der Waals surface area contributed by atoms with Crippen LogP contribution < -0.4 is 10.6 Å². The lowest BCUT2D eigenvalue weighted by Gasteiger charge is -2.37. The summed E-state index contributed by atoms with van der Waals surface area (Å²) in [7, 11) is 6.20. The van der Waals surface area contributed by atoms with E-state index in [1.807, 2.05) is 7.05 Å². The van der Waals surface area contributed by atoms with Gasteiger partial charge in [-0.05, 0) is 20.5 Å². The second-order valence-corrected chi connectivity index (χ2v) is 4.78. The molecule has 1 aliphatic heterocycles. The summed E-state index contributed by atoms with van der Waals surface area (Å²) in [5, 5.41) is 6.69. The molecule has 1 saturated heterocycles. The van der Waals surface area contributed by atoms with Crippen molar-refractivity contribution < 1.29 is 0 Å². The molecule has 1 unspecified atom stereocenters. The van der Waals surface area contributed by atoms with Gasteiger partial charge >= 0.3 is 0 Å². The molecule has 0 bridgehead atoms. The van der Waals surface area contributed by atoms with Gasteiger partial charge in [-0.15, -0.1) is 24.0 Å². The number of nitrogens with one attached hydrogen (secondary N) is 2. The Morgan fingerprint density at radius 3 is 2.61 bits per heavy atom. The van der Waals surface area contributed by atoms with E-state index in [0.717, 1.165) is 45.1 Å². The van der Waals surface area contributed by atoms with Gasteiger partial charge < -0.3 is 15.5 Å². The highest BCUT2D eigenvalue weighted by Gasteiger charge is 2.21. The Hall–Kier alpha value is -0.0800. The monoisotopic (exact) mass is 369 g/mol. The first-order valence-corrected chi connectivity index (χ1v) is 6.50. The summed E-state index contributed by atoms with van der Waals surface area (Å²) >= 11 is 0. The maximum atomic E-state index is 4.22. The Morgan fingerprint density at radius 2 is 2.00 bits per heavy atom. The van der Waals surface area contributed by atoms with E-state index >= 15 is 0 Å². The smallest absolute Gasteiger partial charge is 0.191 e. The van der Waals surface area contributed by atoms with E-state index in [2.05, 4.69) is 46.4 Å². The van der Waals surface area contributed by atoms with Gasteiger partial charge in [0.1, 0.15) is 0 Å². The minimum Gasteiger partial charge on any atom is -0.356 e. The first-order valence-electron chi connectivity index (χ1n) is 6.50. The number of piperazine rings is 1. The highest BCUT2D eigenvalue weighted by Crippen LogP contribution is 2.04. The minimum atomic E-state index is 0. The van der Waals surface area contributed by atoms with Gasteiger partial charge in [0.2, 0.25) is 0 Å². The summed E-state index contributed by atoms with van der Waals surface area (Å²) < 4.78 is 0. The molecule has 1 rings (SSSR count). The van der Waals surface area contributed by atoms with E-state index in [4.69, 9.17) is 0 Å². The summed E-state index contributed by atoms with van der Waals surface area (Å²) in [6.07, 6.45) is 1.12. The zero-order valence-corrected chi connectivity index (χ0v) is 14.4. The van der Waals surface area contributed by atoms with Crippen LogP contribution in [0.1, 0.15) is 13.3 Å². The fourth-order valence-corrected chi connectivity index (χ4v) is 2.00. The third-order valence-corrected chi connectivity index (χ3v) is 3.25. The molecule has 18 heavy (non-hydrogen) atoms. The molecule has 0 amide bonds. The Kier molecular flexibility index (Phi) is 9.76. The Labute approximate surface area is 128 Å². The normalized spacial score (nSPS) is 22.4. The van der Waals surface area contributed by atoms with Crippen LogP contribution >= 0.6 is 24.0 Å². The van der Waals surface area contributed by atoms with Crippen molar-refractivity contribution >= 4 is 29.9 Å². The van der Waals surface area contributed by atoms with Crippen molar-refractivity contribution in [3.63, 3.8) is 0 Å². The van der Waals surface area contributed by atoms with Gasteiger partial charge in [0.05, 0.1) is 0 Å². The number of likely N-dealkylation sites (N-methyl/N-ethyl adjacent to an activating group) is 2. The summed E-state index contributed by atoms with van der Waals surface area (Å²) in [6.45, 7) is 7.50. The van der Waals surface area contributed by atoms with Gasteiger partial charge in [0.15, 0.2) is 5.96 Å².